The number of hydrogen-bond acceptors (Lipinski definition) is 4. The molecule has 170 valence electrons. The molecule has 1 aromatic carbocycles. The molecule has 0 saturated heterocycles. The van der Waals surface area contributed by atoms with E-state index in [0.717, 1.165) is 32.4 Å². The highest BCUT2D eigenvalue weighted by Gasteiger charge is 2.35. The Labute approximate surface area is 186 Å². The molecule has 2 aromatic rings. The maximum absolute atomic E-state index is 12.5. The van der Waals surface area contributed by atoms with Gasteiger partial charge in [-0.3, -0.25) is 9.69 Å². The van der Waals surface area contributed by atoms with Crippen molar-refractivity contribution in [2.45, 2.75) is 32.2 Å². The Kier molecular flexibility index (Phi) is 7.48. The van der Waals surface area contributed by atoms with Crippen LogP contribution < -0.4 is 5.32 Å². The maximum Gasteiger partial charge on any atom is 0.328 e. The summed E-state index contributed by atoms with van der Waals surface area (Å²) < 4.78 is 0. The van der Waals surface area contributed by atoms with Crippen molar-refractivity contribution in [3.63, 3.8) is 0 Å². The number of rotatable bonds is 6. The van der Waals surface area contributed by atoms with E-state index in [9.17, 15) is 14.4 Å². The van der Waals surface area contributed by atoms with E-state index in [2.05, 4.69) is 59.6 Å². The predicted octanol–water partition coefficient (Wildman–Crippen LogP) is 2.67. The number of hydrogen-bond donors (Lipinski definition) is 4. The summed E-state index contributed by atoms with van der Waals surface area (Å²) in [5, 5.41) is 20.1. The number of aliphatic carboxylic acids is 2. The summed E-state index contributed by atoms with van der Waals surface area (Å²) in [4.78, 5) is 37.4. The van der Waals surface area contributed by atoms with E-state index in [1.165, 1.54) is 27.6 Å². The molecule has 1 aliphatic heterocycles. The molecule has 0 radical (unpaired) electrons. The van der Waals surface area contributed by atoms with Crippen molar-refractivity contribution in [3.8, 4) is 0 Å². The van der Waals surface area contributed by atoms with Crippen LogP contribution in [0.3, 0.4) is 0 Å². The third kappa shape index (κ3) is 5.26. The molecule has 8 heteroatoms. The lowest BCUT2D eigenvalue weighted by atomic mass is 9.80. The number of fused-ring (bicyclic) bond motifs is 2. The lowest BCUT2D eigenvalue weighted by Crippen LogP contribution is -2.46. The Morgan fingerprint density at radius 2 is 1.94 bits per heavy atom. The summed E-state index contributed by atoms with van der Waals surface area (Å²) in [6.07, 6.45) is 8.64. The summed E-state index contributed by atoms with van der Waals surface area (Å²) in [6.45, 7) is 3.71. The SMILES string of the molecule is CCCCNC(=O)C1C=C2c3cccc4[nH]cc(c34)CC2N(C)C1.O=C(O)/C=C/C(=O)O. The van der Waals surface area contributed by atoms with Crippen LogP contribution in [0.25, 0.3) is 16.5 Å². The minimum absolute atomic E-state index is 0.0612. The Morgan fingerprint density at radius 1 is 1.22 bits per heavy atom. The second-order valence-corrected chi connectivity index (χ2v) is 8.08. The van der Waals surface area contributed by atoms with E-state index in [-0.39, 0.29) is 11.8 Å². The Bertz CT molecular complexity index is 1050. The summed E-state index contributed by atoms with van der Waals surface area (Å²) in [7, 11) is 2.14. The minimum Gasteiger partial charge on any atom is -0.478 e. The van der Waals surface area contributed by atoms with Gasteiger partial charge in [0, 0.05) is 48.4 Å². The molecule has 1 aliphatic carbocycles. The first-order valence-corrected chi connectivity index (χ1v) is 10.7. The molecule has 0 fully saturated rings. The number of likely N-dealkylation sites (N-methyl/N-ethyl adjacent to an activating group) is 1. The van der Waals surface area contributed by atoms with Crippen LogP contribution in [-0.4, -0.2) is 64.1 Å². The van der Waals surface area contributed by atoms with Crippen LogP contribution in [0.1, 0.15) is 30.9 Å². The zero-order valence-corrected chi connectivity index (χ0v) is 18.3. The average molecular weight is 440 g/mol. The fraction of sp³-hybridized carbons (Fsp3) is 0.375. The summed E-state index contributed by atoms with van der Waals surface area (Å²) in [5.74, 6) is -2.41. The van der Waals surface area contributed by atoms with Gasteiger partial charge in [0.1, 0.15) is 0 Å². The van der Waals surface area contributed by atoms with Gasteiger partial charge in [-0.15, -0.1) is 0 Å². The quantitative estimate of drug-likeness (QED) is 0.405. The van der Waals surface area contributed by atoms with Crippen LogP contribution >= 0.6 is 0 Å². The van der Waals surface area contributed by atoms with Gasteiger partial charge < -0.3 is 20.5 Å². The van der Waals surface area contributed by atoms with Crippen molar-refractivity contribution in [1.29, 1.82) is 0 Å². The van der Waals surface area contributed by atoms with Gasteiger partial charge in [-0.05, 0) is 42.7 Å². The molecule has 2 unspecified atom stereocenters. The molecular weight excluding hydrogens is 410 g/mol. The number of carbonyl (C=O) groups excluding carboxylic acids is 1. The molecule has 2 aliphatic rings. The molecule has 2 heterocycles. The van der Waals surface area contributed by atoms with Crippen molar-refractivity contribution in [1.82, 2.24) is 15.2 Å². The second-order valence-electron chi connectivity index (χ2n) is 8.08. The topological polar surface area (TPSA) is 123 Å². The number of benzene rings is 1. The summed E-state index contributed by atoms with van der Waals surface area (Å²) >= 11 is 0. The fourth-order valence-electron chi connectivity index (χ4n) is 4.28. The molecule has 0 saturated carbocycles. The maximum atomic E-state index is 12.5. The van der Waals surface area contributed by atoms with Crippen molar-refractivity contribution < 1.29 is 24.6 Å². The molecule has 32 heavy (non-hydrogen) atoms. The van der Waals surface area contributed by atoms with Crippen LogP contribution in [0, 0.1) is 5.92 Å². The van der Waals surface area contributed by atoms with Gasteiger partial charge in [-0.25, -0.2) is 9.59 Å². The van der Waals surface area contributed by atoms with Crippen LogP contribution in [0.4, 0.5) is 0 Å². The van der Waals surface area contributed by atoms with Gasteiger partial charge in [-0.2, -0.15) is 0 Å². The highest BCUT2D eigenvalue weighted by atomic mass is 16.4. The summed E-state index contributed by atoms with van der Waals surface area (Å²) in [5.41, 5.74) is 5.19. The third-order valence-electron chi connectivity index (χ3n) is 5.80. The van der Waals surface area contributed by atoms with Crippen LogP contribution in [-0.2, 0) is 20.8 Å². The highest BCUT2D eigenvalue weighted by Crippen LogP contribution is 2.40. The van der Waals surface area contributed by atoms with Crippen LogP contribution in [0.15, 0.2) is 42.6 Å². The molecule has 1 amide bonds. The van der Waals surface area contributed by atoms with Gasteiger partial charge in [0.15, 0.2) is 0 Å². The number of H-pyrrole nitrogens is 1. The van der Waals surface area contributed by atoms with E-state index in [0.29, 0.717) is 18.2 Å². The minimum atomic E-state index is -1.26. The Hall–Kier alpha value is -3.39. The number of carbonyl (C=O) groups is 3. The van der Waals surface area contributed by atoms with E-state index < -0.39 is 11.9 Å². The van der Waals surface area contributed by atoms with Gasteiger partial charge in [0.2, 0.25) is 5.91 Å². The molecule has 8 nitrogen and oxygen atoms in total. The predicted molar refractivity (Wildman–Crippen MR) is 122 cm³/mol. The lowest BCUT2D eigenvalue weighted by molar-refractivity contribution is -0.134. The zero-order valence-electron chi connectivity index (χ0n) is 18.3. The zero-order chi connectivity index (χ0) is 23.3. The van der Waals surface area contributed by atoms with E-state index >= 15 is 0 Å². The van der Waals surface area contributed by atoms with Gasteiger partial charge >= 0.3 is 11.9 Å². The van der Waals surface area contributed by atoms with Gasteiger partial charge in [0.25, 0.3) is 0 Å². The molecule has 0 bridgehead atoms. The standard InChI is InChI=1S/C20H25N3O.C4H4O4/c1-3-4-8-21-20(24)14-9-16-15-6-5-7-17-19(15)13(11-22-17)10-18(16)23(2)12-14;5-3(6)1-2-4(7)8/h5-7,9,11,14,18,22H,3-4,8,10,12H2,1-2H3,(H,21,24);1-2H,(H,5,6)(H,7,8)/b;2-1+. The number of carboxylic acids is 2. The lowest BCUT2D eigenvalue weighted by Gasteiger charge is -2.39. The average Bonchev–Trinajstić information content (AvgIpc) is 3.18. The fourth-order valence-corrected chi connectivity index (χ4v) is 4.28. The number of nitrogens with zero attached hydrogens (tertiary/aromatic N) is 1. The largest absolute Gasteiger partial charge is 0.478 e. The molecule has 4 rings (SSSR count). The Balaban J connectivity index is 0.000000312. The first-order chi connectivity index (χ1) is 15.3. The number of nitrogens with one attached hydrogen (secondary N) is 2. The molecule has 2 atom stereocenters. The third-order valence-corrected chi connectivity index (χ3v) is 5.80. The molecular formula is C24H29N3O5. The van der Waals surface area contributed by atoms with Gasteiger partial charge in [-0.1, -0.05) is 31.6 Å². The number of carboxylic acid groups (broad SMARTS) is 2. The monoisotopic (exact) mass is 439 g/mol. The number of unbranched alkanes of at least 4 members (excludes halogenated alkanes) is 1. The smallest absolute Gasteiger partial charge is 0.328 e. The van der Waals surface area contributed by atoms with Crippen LogP contribution in [0.2, 0.25) is 0 Å². The normalized spacial score (nSPS) is 19.6. The first-order valence-electron chi connectivity index (χ1n) is 10.7. The van der Waals surface area contributed by atoms with E-state index in [1.807, 2.05) is 0 Å². The van der Waals surface area contributed by atoms with Gasteiger partial charge in [0.05, 0.1) is 5.92 Å². The second kappa shape index (κ2) is 10.3. The van der Waals surface area contributed by atoms with Crippen molar-refractivity contribution in [2.75, 3.05) is 20.1 Å². The molecule has 0 spiro atoms. The van der Waals surface area contributed by atoms with E-state index in [1.54, 1.807) is 0 Å². The highest BCUT2D eigenvalue weighted by molar-refractivity contribution is 5.99. The Morgan fingerprint density at radius 3 is 2.59 bits per heavy atom. The molecule has 4 N–H and O–H groups in total. The summed E-state index contributed by atoms with van der Waals surface area (Å²) in [6, 6.07) is 6.80. The molecule has 1 aromatic heterocycles. The van der Waals surface area contributed by atoms with Crippen molar-refractivity contribution in [3.05, 3.63) is 53.8 Å². The number of amides is 1. The number of aromatic amines is 1. The van der Waals surface area contributed by atoms with Crippen molar-refractivity contribution in [2.24, 2.45) is 5.92 Å². The van der Waals surface area contributed by atoms with E-state index in [4.69, 9.17) is 10.2 Å². The number of aromatic nitrogens is 1. The van der Waals surface area contributed by atoms with Crippen molar-refractivity contribution >= 4 is 34.3 Å². The van der Waals surface area contributed by atoms with Crippen LogP contribution in [0.5, 0.6) is 0 Å². The first kappa shape index (κ1) is 23.3.